The predicted molar refractivity (Wildman–Crippen MR) is 130 cm³/mol. The topological polar surface area (TPSA) is 131 Å². The molecule has 1 saturated heterocycles. The maximum absolute atomic E-state index is 13.1. The number of likely N-dealkylation sites (tertiary alicyclic amines) is 1. The normalized spacial score (nSPS) is 18.7. The van der Waals surface area contributed by atoms with Crippen molar-refractivity contribution in [3.05, 3.63) is 51.4 Å². The van der Waals surface area contributed by atoms with E-state index >= 15 is 0 Å². The first-order valence-corrected chi connectivity index (χ1v) is 12.5. The highest BCUT2D eigenvalue weighted by Crippen LogP contribution is 2.25. The second kappa shape index (κ2) is 11.1. The van der Waals surface area contributed by atoms with Crippen LogP contribution in [0.5, 0.6) is 0 Å². The zero-order valence-corrected chi connectivity index (χ0v) is 22.1. The largest absolute Gasteiger partial charge is 0.416 e. The van der Waals surface area contributed by atoms with Gasteiger partial charge in [-0.1, -0.05) is 11.6 Å². The van der Waals surface area contributed by atoms with Crippen LogP contribution in [0.15, 0.2) is 29.1 Å². The molecule has 4 rings (SSSR count). The van der Waals surface area contributed by atoms with Gasteiger partial charge in [0.2, 0.25) is 5.82 Å². The first kappa shape index (κ1) is 30.5. The molecule has 18 heteroatoms. The lowest BCUT2D eigenvalue weighted by molar-refractivity contribution is -0.207. The Labute approximate surface area is 232 Å². The Balaban J connectivity index is 1.71. The van der Waals surface area contributed by atoms with Gasteiger partial charge in [-0.2, -0.15) is 31.4 Å². The number of aliphatic hydroxyl groups excluding tert-OH is 1. The van der Waals surface area contributed by atoms with E-state index in [1.165, 1.54) is 36.1 Å². The van der Waals surface area contributed by atoms with E-state index in [0.717, 1.165) is 4.68 Å². The maximum Gasteiger partial charge on any atom is 0.416 e. The van der Waals surface area contributed by atoms with E-state index in [2.05, 4.69) is 15.2 Å². The Bertz CT molecular complexity index is 1460. The first-order valence-electron chi connectivity index (χ1n) is 12.1. The zero-order chi connectivity index (χ0) is 30.3. The molecule has 1 aliphatic rings. The maximum atomic E-state index is 13.1. The molecule has 41 heavy (non-hydrogen) atoms. The van der Waals surface area contributed by atoms with Crippen LogP contribution in [0.4, 0.5) is 26.3 Å². The van der Waals surface area contributed by atoms with Crippen LogP contribution in [-0.4, -0.2) is 87.3 Å². The van der Waals surface area contributed by atoms with E-state index < -0.39 is 67.5 Å². The van der Waals surface area contributed by atoms with Gasteiger partial charge >= 0.3 is 18.0 Å². The number of aryl methyl sites for hydroxylation is 1. The fraction of sp³-hybridized carbons (Fsp3) is 0.522. The van der Waals surface area contributed by atoms with Crippen LogP contribution in [0.2, 0.25) is 5.02 Å². The highest BCUT2D eigenvalue weighted by atomic mass is 35.5. The van der Waals surface area contributed by atoms with Crippen molar-refractivity contribution in [1.82, 2.24) is 34.0 Å². The number of nitrogens with zero attached hydrogens (tertiary/aromatic N) is 7. The van der Waals surface area contributed by atoms with Gasteiger partial charge in [-0.25, -0.2) is 19.1 Å². The van der Waals surface area contributed by atoms with Crippen LogP contribution in [-0.2, 0) is 19.6 Å². The van der Waals surface area contributed by atoms with Crippen molar-refractivity contribution in [3.8, 4) is 11.4 Å². The van der Waals surface area contributed by atoms with Gasteiger partial charge < -0.3 is 15.1 Å². The van der Waals surface area contributed by atoms with E-state index in [-0.39, 0.29) is 36.7 Å². The highest BCUT2D eigenvalue weighted by molar-refractivity contribution is 6.30. The van der Waals surface area contributed by atoms with Crippen molar-refractivity contribution in [2.75, 3.05) is 13.1 Å². The third-order valence-electron chi connectivity index (χ3n) is 6.30. The van der Waals surface area contributed by atoms with Crippen molar-refractivity contribution in [2.45, 2.75) is 63.5 Å². The fourth-order valence-corrected chi connectivity index (χ4v) is 4.32. The molecular weight excluding hydrogens is 588 g/mol. The molecule has 1 aromatic carbocycles. The summed E-state index contributed by atoms with van der Waals surface area (Å²) < 4.78 is 80.1. The summed E-state index contributed by atoms with van der Waals surface area (Å²) in [6.07, 6.45) is -13.7. The van der Waals surface area contributed by atoms with Crippen molar-refractivity contribution < 1.29 is 41.4 Å². The molecule has 0 saturated carbocycles. The van der Waals surface area contributed by atoms with Crippen molar-refractivity contribution in [3.63, 3.8) is 0 Å². The molecule has 2 unspecified atom stereocenters. The van der Waals surface area contributed by atoms with Crippen molar-refractivity contribution >= 4 is 17.5 Å². The van der Waals surface area contributed by atoms with Crippen molar-refractivity contribution in [2.24, 2.45) is 0 Å². The summed E-state index contributed by atoms with van der Waals surface area (Å²) in [5.74, 6) is -1.84. The lowest BCUT2D eigenvalue weighted by Gasteiger charge is -2.18. The molecule has 3 aromatic rings. The van der Waals surface area contributed by atoms with E-state index in [4.69, 9.17) is 11.6 Å². The van der Waals surface area contributed by atoms with Gasteiger partial charge in [-0.05, 0) is 37.6 Å². The van der Waals surface area contributed by atoms with Gasteiger partial charge in [-0.3, -0.25) is 9.36 Å². The molecule has 1 aliphatic heterocycles. The Morgan fingerprint density at radius 3 is 2.34 bits per heavy atom. The summed E-state index contributed by atoms with van der Waals surface area (Å²) in [6.45, 7) is -1.08. The van der Waals surface area contributed by atoms with E-state index in [9.17, 15) is 46.1 Å². The quantitative estimate of drug-likeness (QED) is 0.374. The lowest BCUT2D eigenvalue weighted by Crippen LogP contribution is -2.37. The smallest absolute Gasteiger partial charge is 0.388 e. The number of carbonyl (C=O) groups is 1. The second-order valence-corrected chi connectivity index (χ2v) is 10.3. The molecule has 0 aliphatic carbocycles. The Hall–Kier alpha value is -3.44. The van der Waals surface area contributed by atoms with Gasteiger partial charge in [0, 0.05) is 23.7 Å². The SMILES string of the molecule is CC1(O)CCN(C(=O)c2nc(Cn3nc(-c4ccc(Cl)cc4)n(CC(O)C(F)(F)F)c3=O)nn2CCC(F)(F)F)C1. The number of hydrogen-bond acceptors (Lipinski definition) is 7. The number of amides is 1. The summed E-state index contributed by atoms with van der Waals surface area (Å²) in [5.41, 5.74) is -2.12. The Morgan fingerprint density at radius 1 is 1.12 bits per heavy atom. The van der Waals surface area contributed by atoms with Gasteiger partial charge in [0.15, 0.2) is 17.8 Å². The summed E-state index contributed by atoms with van der Waals surface area (Å²) in [4.78, 5) is 31.4. The molecule has 2 N–H and O–H groups in total. The van der Waals surface area contributed by atoms with Gasteiger partial charge in [0.25, 0.3) is 5.91 Å². The molecule has 2 atom stereocenters. The summed E-state index contributed by atoms with van der Waals surface area (Å²) in [5, 5.41) is 28.1. The summed E-state index contributed by atoms with van der Waals surface area (Å²) in [6, 6.07) is 5.58. The van der Waals surface area contributed by atoms with Crippen LogP contribution in [0, 0.1) is 0 Å². The molecule has 224 valence electrons. The highest BCUT2D eigenvalue weighted by Gasteiger charge is 2.40. The van der Waals surface area contributed by atoms with Crippen LogP contribution in [0.25, 0.3) is 11.4 Å². The molecule has 11 nitrogen and oxygen atoms in total. The Morgan fingerprint density at radius 2 is 1.78 bits per heavy atom. The van der Waals surface area contributed by atoms with E-state index in [1.54, 1.807) is 0 Å². The number of carbonyl (C=O) groups excluding carboxylic acids is 1. The molecule has 1 amide bonds. The molecule has 2 aromatic heterocycles. The molecule has 3 heterocycles. The number of β-amino-alcohol motifs (C(OH)–C–C–N with tert-alkyl or cyclic N) is 1. The minimum Gasteiger partial charge on any atom is -0.388 e. The number of alkyl halides is 6. The summed E-state index contributed by atoms with van der Waals surface area (Å²) in [7, 11) is 0. The van der Waals surface area contributed by atoms with Crippen LogP contribution in [0.3, 0.4) is 0 Å². The number of hydrogen-bond donors (Lipinski definition) is 2. The van der Waals surface area contributed by atoms with E-state index in [0.29, 0.717) is 14.3 Å². The van der Waals surface area contributed by atoms with Crippen molar-refractivity contribution in [1.29, 1.82) is 0 Å². The average molecular weight is 612 g/mol. The monoisotopic (exact) mass is 611 g/mol. The molecule has 0 radical (unpaired) electrons. The standard InChI is InChI=1S/C23H24ClF6N7O4/c1-21(41)6-8-34(12-21)19(39)18-31-16(32-36(18)9-7-22(25,26)27)11-37-20(40)35(10-15(38)23(28,29)30)17(33-37)13-2-4-14(24)5-3-13/h2-5,15,38,41H,6-12H2,1H3. The first-order chi connectivity index (χ1) is 18.9. The van der Waals surface area contributed by atoms with E-state index in [1.807, 2.05) is 0 Å². The average Bonchev–Trinajstić information content (AvgIpc) is 3.53. The zero-order valence-electron chi connectivity index (χ0n) is 21.3. The minimum atomic E-state index is -5.05. The predicted octanol–water partition coefficient (Wildman–Crippen LogP) is 2.48. The number of benzene rings is 1. The number of aliphatic hydroxyl groups is 2. The second-order valence-electron chi connectivity index (χ2n) is 9.85. The van der Waals surface area contributed by atoms with Crippen LogP contribution < -0.4 is 5.69 Å². The third-order valence-corrected chi connectivity index (χ3v) is 6.55. The summed E-state index contributed by atoms with van der Waals surface area (Å²) >= 11 is 5.87. The molecule has 0 spiro atoms. The number of aromatic nitrogens is 6. The van der Waals surface area contributed by atoms with Gasteiger partial charge in [0.05, 0.1) is 25.1 Å². The van der Waals surface area contributed by atoms with Crippen LogP contribution >= 0.6 is 11.6 Å². The number of rotatable bonds is 8. The minimum absolute atomic E-state index is 0.0941. The molecule has 1 fully saturated rings. The van der Waals surface area contributed by atoms with Gasteiger partial charge in [0.1, 0.15) is 6.54 Å². The fourth-order valence-electron chi connectivity index (χ4n) is 4.19. The molecular formula is C23H24ClF6N7O4. The number of halogens is 7. The van der Waals surface area contributed by atoms with Crippen LogP contribution in [0.1, 0.15) is 36.2 Å². The third kappa shape index (κ3) is 7.26. The van der Waals surface area contributed by atoms with Gasteiger partial charge in [-0.15, -0.1) is 5.10 Å². The lowest BCUT2D eigenvalue weighted by atomic mass is 10.1. The Kier molecular flexibility index (Phi) is 8.26. The molecule has 0 bridgehead atoms.